The second-order valence-corrected chi connectivity index (χ2v) is 4.77. The van der Waals surface area contributed by atoms with E-state index in [4.69, 9.17) is 4.42 Å². The summed E-state index contributed by atoms with van der Waals surface area (Å²) in [6.45, 7) is 4.69. The Morgan fingerprint density at radius 3 is 2.65 bits per heavy atom. The number of carbonyl (C=O) groups is 1. The first-order valence-corrected chi connectivity index (χ1v) is 6.59. The minimum absolute atomic E-state index is 0.130. The van der Waals surface area contributed by atoms with Crippen LogP contribution in [0.1, 0.15) is 55.1 Å². The largest absolute Gasteiger partial charge is 0.469 e. The van der Waals surface area contributed by atoms with Crippen LogP contribution >= 0.6 is 0 Å². The predicted octanol–water partition coefficient (Wildman–Crippen LogP) is 3.38. The van der Waals surface area contributed by atoms with Gasteiger partial charge in [0.05, 0.1) is 11.8 Å². The highest BCUT2D eigenvalue weighted by molar-refractivity contribution is 5.95. The normalized spacial score (nSPS) is 17.1. The number of rotatable bonds is 3. The van der Waals surface area contributed by atoms with E-state index in [0.717, 1.165) is 30.7 Å². The third-order valence-electron chi connectivity index (χ3n) is 3.71. The average Bonchev–Trinajstić information content (AvgIpc) is 2.77. The second-order valence-electron chi connectivity index (χ2n) is 4.77. The maximum atomic E-state index is 12.4. The van der Waals surface area contributed by atoms with Gasteiger partial charge < -0.3 is 9.32 Å². The van der Waals surface area contributed by atoms with Crippen molar-refractivity contribution in [2.45, 2.75) is 52.0 Å². The van der Waals surface area contributed by atoms with Crippen molar-refractivity contribution in [3.63, 3.8) is 0 Å². The van der Waals surface area contributed by atoms with Gasteiger partial charge in [-0.3, -0.25) is 4.79 Å². The van der Waals surface area contributed by atoms with Crippen LogP contribution in [0, 0.1) is 6.92 Å². The van der Waals surface area contributed by atoms with Crippen molar-refractivity contribution in [1.29, 1.82) is 0 Å². The summed E-state index contributed by atoms with van der Waals surface area (Å²) >= 11 is 0. The molecular formula is C14H21NO2. The first-order chi connectivity index (χ1) is 8.24. The third-order valence-corrected chi connectivity index (χ3v) is 3.71. The van der Waals surface area contributed by atoms with Gasteiger partial charge in [0.25, 0.3) is 5.91 Å². The summed E-state index contributed by atoms with van der Waals surface area (Å²) in [5, 5.41) is 0. The van der Waals surface area contributed by atoms with Crippen molar-refractivity contribution in [1.82, 2.24) is 4.90 Å². The molecule has 0 N–H and O–H groups in total. The molecule has 0 aromatic carbocycles. The maximum absolute atomic E-state index is 12.4. The lowest BCUT2D eigenvalue weighted by Crippen LogP contribution is -2.41. The van der Waals surface area contributed by atoms with Crippen LogP contribution in [0.25, 0.3) is 0 Å². The van der Waals surface area contributed by atoms with E-state index in [0.29, 0.717) is 6.04 Å². The van der Waals surface area contributed by atoms with E-state index in [9.17, 15) is 4.79 Å². The van der Waals surface area contributed by atoms with Crippen LogP contribution in [0.2, 0.25) is 0 Å². The van der Waals surface area contributed by atoms with Crippen LogP contribution in [0.15, 0.2) is 16.7 Å². The van der Waals surface area contributed by atoms with Gasteiger partial charge in [0, 0.05) is 12.6 Å². The van der Waals surface area contributed by atoms with Crippen LogP contribution in [0.4, 0.5) is 0 Å². The van der Waals surface area contributed by atoms with Crippen molar-refractivity contribution in [3.05, 3.63) is 23.7 Å². The number of hydrogen-bond donors (Lipinski definition) is 0. The Labute approximate surface area is 103 Å². The Hall–Kier alpha value is -1.25. The Morgan fingerprint density at radius 1 is 1.41 bits per heavy atom. The molecule has 17 heavy (non-hydrogen) atoms. The summed E-state index contributed by atoms with van der Waals surface area (Å²) in [6.07, 6.45) is 7.70. The van der Waals surface area contributed by atoms with Crippen molar-refractivity contribution in [2.24, 2.45) is 0 Å². The standard InChI is InChI=1S/C14H21NO2/c1-3-15(12-7-5-4-6-8-12)14(16)13-9-10-17-11(13)2/h9-10,12H,3-8H2,1-2H3. The van der Waals surface area contributed by atoms with Crippen LogP contribution < -0.4 is 0 Å². The fourth-order valence-electron chi connectivity index (χ4n) is 2.72. The van der Waals surface area contributed by atoms with E-state index in [-0.39, 0.29) is 5.91 Å². The molecule has 1 fully saturated rings. The molecule has 1 heterocycles. The van der Waals surface area contributed by atoms with E-state index in [2.05, 4.69) is 6.92 Å². The minimum atomic E-state index is 0.130. The summed E-state index contributed by atoms with van der Waals surface area (Å²) in [5.41, 5.74) is 0.720. The number of hydrogen-bond acceptors (Lipinski definition) is 2. The predicted molar refractivity (Wildman–Crippen MR) is 67.0 cm³/mol. The molecule has 94 valence electrons. The van der Waals surface area contributed by atoms with Crippen molar-refractivity contribution in [3.8, 4) is 0 Å². The van der Waals surface area contributed by atoms with E-state index in [1.54, 1.807) is 12.3 Å². The minimum Gasteiger partial charge on any atom is -0.469 e. The van der Waals surface area contributed by atoms with E-state index in [1.807, 2.05) is 11.8 Å². The van der Waals surface area contributed by atoms with Gasteiger partial charge in [-0.05, 0) is 32.8 Å². The fourth-order valence-corrected chi connectivity index (χ4v) is 2.72. The van der Waals surface area contributed by atoms with Gasteiger partial charge in [-0.15, -0.1) is 0 Å². The molecule has 0 spiro atoms. The molecule has 0 saturated heterocycles. The number of carbonyl (C=O) groups excluding carboxylic acids is 1. The zero-order chi connectivity index (χ0) is 12.3. The Kier molecular flexibility index (Phi) is 3.87. The molecular weight excluding hydrogens is 214 g/mol. The maximum Gasteiger partial charge on any atom is 0.257 e. The molecule has 0 aliphatic heterocycles. The van der Waals surface area contributed by atoms with E-state index >= 15 is 0 Å². The summed E-state index contributed by atoms with van der Waals surface area (Å²) in [5.74, 6) is 0.856. The molecule has 1 amide bonds. The molecule has 1 aliphatic rings. The van der Waals surface area contributed by atoms with Gasteiger partial charge in [0.15, 0.2) is 0 Å². The second kappa shape index (κ2) is 5.39. The average molecular weight is 235 g/mol. The highest BCUT2D eigenvalue weighted by Crippen LogP contribution is 2.24. The summed E-state index contributed by atoms with van der Waals surface area (Å²) < 4.78 is 5.22. The lowest BCUT2D eigenvalue weighted by Gasteiger charge is -2.33. The van der Waals surface area contributed by atoms with E-state index in [1.165, 1.54) is 19.3 Å². The molecule has 1 aromatic rings. The molecule has 0 radical (unpaired) electrons. The third kappa shape index (κ3) is 2.54. The fraction of sp³-hybridized carbons (Fsp3) is 0.643. The molecule has 0 atom stereocenters. The van der Waals surface area contributed by atoms with Gasteiger partial charge in [-0.2, -0.15) is 0 Å². The highest BCUT2D eigenvalue weighted by atomic mass is 16.3. The lowest BCUT2D eigenvalue weighted by molar-refractivity contribution is 0.0646. The summed E-state index contributed by atoms with van der Waals surface area (Å²) in [6, 6.07) is 2.21. The van der Waals surface area contributed by atoms with Crippen molar-refractivity contribution >= 4 is 5.91 Å². The molecule has 0 bridgehead atoms. The Balaban J connectivity index is 2.12. The monoisotopic (exact) mass is 235 g/mol. The van der Waals surface area contributed by atoms with Crippen LogP contribution in [0.5, 0.6) is 0 Å². The first-order valence-electron chi connectivity index (χ1n) is 6.59. The van der Waals surface area contributed by atoms with Gasteiger partial charge in [0.1, 0.15) is 5.76 Å². The summed E-state index contributed by atoms with van der Waals surface area (Å²) in [7, 11) is 0. The zero-order valence-electron chi connectivity index (χ0n) is 10.7. The number of furan rings is 1. The van der Waals surface area contributed by atoms with Crippen molar-refractivity contribution in [2.75, 3.05) is 6.54 Å². The number of amides is 1. The molecule has 1 saturated carbocycles. The lowest BCUT2D eigenvalue weighted by atomic mass is 9.93. The smallest absolute Gasteiger partial charge is 0.257 e. The van der Waals surface area contributed by atoms with Gasteiger partial charge in [0.2, 0.25) is 0 Å². The molecule has 3 nitrogen and oxygen atoms in total. The van der Waals surface area contributed by atoms with Gasteiger partial charge >= 0.3 is 0 Å². The molecule has 1 aromatic heterocycles. The van der Waals surface area contributed by atoms with Crippen LogP contribution in [0.3, 0.4) is 0 Å². The SMILES string of the molecule is CCN(C(=O)c1ccoc1C)C1CCCCC1. The number of aryl methyl sites for hydroxylation is 1. The van der Waals surface area contributed by atoms with Crippen molar-refractivity contribution < 1.29 is 9.21 Å². The Morgan fingerprint density at radius 2 is 2.12 bits per heavy atom. The van der Waals surface area contributed by atoms with Crippen LogP contribution in [-0.2, 0) is 0 Å². The molecule has 0 unspecified atom stereocenters. The zero-order valence-corrected chi connectivity index (χ0v) is 10.7. The molecule has 1 aliphatic carbocycles. The highest BCUT2D eigenvalue weighted by Gasteiger charge is 2.26. The molecule has 2 rings (SSSR count). The van der Waals surface area contributed by atoms with Crippen LogP contribution in [-0.4, -0.2) is 23.4 Å². The topological polar surface area (TPSA) is 33.5 Å². The van der Waals surface area contributed by atoms with Gasteiger partial charge in [-0.25, -0.2) is 0 Å². The Bertz CT molecular complexity index is 377. The van der Waals surface area contributed by atoms with Gasteiger partial charge in [-0.1, -0.05) is 19.3 Å². The number of nitrogens with zero attached hydrogens (tertiary/aromatic N) is 1. The summed E-state index contributed by atoms with van der Waals surface area (Å²) in [4.78, 5) is 14.4. The van der Waals surface area contributed by atoms with E-state index < -0.39 is 0 Å². The molecule has 3 heteroatoms. The first kappa shape index (κ1) is 12.2. The quantitative estimate of drug-likeness (QED) is 0.804.